The normalized spacial score (nSPS) is 11.5. The number of hydrogen-bond donors (Lipinski definition) is 3. The number of benzene rings is 1. The molecule has 1 heterocycles. The van der Waals surface area contributed by atoms with Crippen molar-refractivity contribution < 1.29 is 23.2 Å². The summed E-state index contributed by atoms with van der Waals surface area (Å²) >= 11 is 5.80. The zero-order valence-electron chi connectivity index (χ0n) is 14.6. The van der Waals surface area contributed by atoms with E-state index in [4.69, 9.17) is 16.0 Å². The van der Waals surface area contributed by atoms with Crippen LogP contribution in [0.5, 0.6) is 0 Å². The molecule has 3 amide bonds. The van der Waals surface area contributed by atoms with Crippen LogP contribution in [0.4, 0.5) is 4.39 Å². The Morgan fingerprint density at radius 3 is 2.67 bits per heavy atom. The molecular formula is C18H19ClFN3O4. The van der Waals surface area contributed by atoms with Gasteiger partial charge < -0.3 is 20.4 Å². The molecule has 7 nitrogen and oxygen atoms in total. The van der Waals surface area contributed by atoms with Crippen molar-refractivity contribution in [2.24, 2.45) is 0 Å². The molecule has 0 radical (unpaired) electrons. The van der Waals surface area contributed by atoms with Crippen LogP contribution in [0.1, 0.15) is 29.5 Å². The van der Waals surface area contributed by atoms with Gasteiger partial charge in [0.15, 0.2) is 0 Å². The summed E-state index contributed by atoms with van der Waals surface area (Å²) in [6.07, 6.45) is 1.47. The fourth-order valence-electron chi connectivity index (χ4n) is 2.18. The van der Waals surface area contributed by atoms with Gasteiger partial charge >= 0.3 is 0 Å². The van der Waals surface area contributed by atoms with Gasteiger partial charge in [0, 0.05) is 13.0 Å². The van der Waals surface area contributed by atoms with E-state index in [1.54, 1.807) is 19.1 Å². The molecule has 0 aliphatic rings. The van der Waals surface area contributed by atoms with Crippen LogP contribution in [0.15, 0.2) is 41.0 Å². The molecule has 0 bridgehead atoms. The third-order valence-corrected chi connectivity index (χ3v) is 3.91. The van der Waals surface area contributed by atoms with Gasteiger partial charge in [-0.25, -0.2) is 4.39 Å². The minimum atomic E-state index is -0.741. The van der Waals surface area contributed by atoms with Crippen molar-refractivity contribution in [3.8, 4) is 0 Å². The maximum atomic E-state index is 13.0. The molecule has 0 saturated carbocycles. The van der Waals surface area contributed by atoms with E-state index in [-0.39, 0.29) is 36.0 Å². The second-order valence-electron chi connectivity index (χ2n) is 5.72. The van der Waals surface area contributed by atoms with E-state index in [9.17, 15) is 18.8 Å². The van der Waals surface area contributed by atoms with Gasteiger partial charge in [0.1, 0.15) is 17.6 Å². The Bertz CT molecular complexity index is 811. The third-order valence-electron chi connectivity index (χ3n) is 3.60. The highest BCUT2D eigenvalue weighted by molar-refractivity contribution is 6.33. The predicted octanol–water partition coefficient (Wildman–Crippen LogP) is 2.01. The molecule has 144 valence electrons. The van der Waals surface area contributed by atoms with E-state index in [1.807, 2.05) is 0 Å². The lowest BCUT2D eigenvalue weighted by Gasteiger charge is -2.14. The fraction of sp³-hybridized carbons (Fsp3) is 0.278. The molecular weight excluding hydrogens is 377 g/mol. The summed E-state index contributed by atoms with van der Waals surface area (Å²) in [5.41, 5.74) is 0.115. The summed E-state index contributed by atoms with van der Waals surface area (Å²) in [7, 11) is 0. The molecule has 0 saturated heterocycles. The second kappa shape index (κ2) is 9.72. The van der Waals surface area contributed by atoms with Crippen molar-refractivity contribution in [2.75, 3.05) is 6.54 Å². The molecule has 2 aromatic rings. The first-order valence-electron chi connectivity index (χ1n) is 8.19. The first-order valence-corrected chi connectivity index (χ1v) is 8.57. The Morgan fingerprint density at radius 2 is 2.00 bits per heavy atom. The van der Waals surface area contributed by atoms with Crippen LogP contribution in [0.2, 0.25) is 5.02 Å². The number of nitrogens with one attached hydrogen (secondary N) is 3. The van der Waals surface area contributed by atoms with Crippen LogP contribution in [0.25, 0.3) is 0 Å². The van der Waals surface area contributed by atoms with E-state index in [1.165, 1.54) is 12.3 Å². The molecule has 2 rings (SSSR count). The molecule has 0 fully saturated rings. The highest BCUT2D eigenvalue weighted by Crippen LogP contribution is 2.16. The number of rotatable bonds is 8. The van der Waals surface area contributed by atoms with Gasteiger partial charge in [-0.15, -0.1) is 0 Å². The molecule has 1 atom stereocenters. The van der Waals surface area contributed by atoms with Crippen molar-refractivity contribution >= 4 is 29.3 Å². The zero-order valence-corrected chi connectivity index (χ0v) is 15.3. The molecule has 1 aromatic heterocycles. The standard InChI is InChI=1S/C18H19ClFN3O4/c1-11(17(25)22-10-13-3-2-8-27-13)23-16(24)6-7-21-18(26)14-5-4-12(20)9-15(14)19/h2-5,8-9,11H,6-7,10H2,1H3,(H,21,26)(H,22,25)(H,23,24). The van der Waals surface area contributed by atoms with Gasteiger partial charge in [-0.05, 0) is 37.3 Å². The SMILES string of the molecule is CC(NC(=O)CCNC(=O)c1ccc(F)cc1Cl)C(=O)NCc1ccco1. The largest absolute Gasteiger partial charge is 0.467 e. The number of carbonyl (C=O) groups excluding carboxylic acids is 3. The monoisotopic (exact) mass is 395 g/mol. The molecule has 0 aliphatic heterocycles. The first-order chi connectivity index (χ1) is 12.9. The van der Waals surface area contributed by atoms with Crippen molar-refractivity contribution in [2.45, 2.75) is 25.9 Å². The van der Waals surface area contributed by atoms with E-state index in [2.05, 4.69) is 16.0 Å². The lowest BCUT2D eigenvalue weighted by Crippen LogP contribution is -2.45. The first kappa shape index (κ1) is 20.4. The molecule has 0 spiro atoms. The van der Waals surface area contributed by atoms with Gasteiger partial charge in [0.05, 0.1) is 23.4 Å². The van der Waals surface area contributed by atoms with Gasteiger partial charge in [-0.1, -0.05) is 11.6 Å². The molecule has 0 aliphatic carbocycles. The lowest BCUT2D eigenvalue weighted by atomic mass is 10.2. The van der Waals surface area contributed by atoms with Crippen molar-refractivity contribution in [3.05, 3.63) is 58.8 Å². The highest BCUT2D eigenvalue weighted by Gasteiger charge is 2.16. The third kappa shape index (κ3) is 6.41. The maximum absolute atomic E-state index is 13.0. The van der Waals surface area contributed by atoms with E-state index in [0.29, 0.717) is 5.76 Å². The van der Waals surface area contributed by atoms with Gasteiger partial charge in [-0.2, -0.15) is 0 Å². The average Bonchev–Trinajstić information content (AvgIpc) is 3.12. The van der Waals surface area contributed by atoms with Crippen LogP contribution < -0.4 is 16.0 Å². The average molecular weight is 396 g/mol. The zero-order chi connectivity index (χ0) is 19.8. The quantitative estimate of drug-likeness (QED) is 0.636. The molecule has 1 unspecified atom stereocenters. The summed E-state index contributed by atoms with van der Waals surface area (Å²) in [5.74, 6) is -1.22. The Morgan fingerprint density at radius 1 is 1.22 bits per heavy atom. The number of furan rings is 1. The van der Waals surface area contributed by atoms with Crippen LogP contribution in [0.3, 0.4) is 0 Å². The van der Waals surface area contributed by atoms with Gasteiger partial charge in [-0.3, -0.25) is 14.4 Å². The van der Waals surface area contributed by atoms with E-state index >= 15 is 0 Å². The van der Waals surface area contributed by atoms with Crippen molar-refractivity contribution in [3.63, 3.8) is 0 Å². The summed E-state index contributed by atoms with van der Waals surface area (Å²) < 4.78 is 18.1. The van der Waals surface area contributed by atoms with E-state index in [0.717, 1.165) is 12.1 Å². The summed E-state index contributed by atoms with van der Waals surface area (Å²) in [5, 5.41) is 7.67. The smallest absolute Gasteiger partial charge is 0.252 e. The van der Waals surface area contributed by atoms with E-state index < -0.39 is 23.7 Å². The van der Waals surface area contributed by atoms with Crippen LogP contribution in [-0.4, -0.2) is 30.3 Å². The predicted molar refractivity (Wildman–Crippen MR) is 96.5 cm³/mol. The minimum absolute atomic E-state index is 0.0150. The molecule has 27 heavy (non-hydrogen) atoms. The number of amides is 3. The Balaban J connectivity index is 1.70. The lowest BCUT2D eigenvalue weighted by molar-refractivity contribution is -0.128. The van der Waals surface area contributed by atoms with Gasteiger partial charge in [0.25, 0.3) is 5.91 Å². The molecule has 9 heteroatoms. The summed E-state index contributed by atoms with van der Waals surface area (Å²) in [6, 6.07) is 6.11. The Hall–Kier alpha value is -2.87. The highest BCUT2D eigenvalue weighted by atomic mass is 35.5. The Labute approximate surface area is 160 Å². The number of carbonyl (C=O) groups is 3. The van der Waals surface area contributed by atoms with Crippen molar-refractivity contribution in [1.82, 2.24) is 16.0 Å². The van der Waals surface area contributed by atoms with Gasteiger partial charge in [0.2, 0.25) is 11.8 Å². The topological polar surface area (TPSA) is 100 Å². The minimum Gasteiger partial charge on any atom is -0.467 e. The second-order valence-corrected chi connectivity index (χ2v) is 6.12. The summed E-state index contributed by atoms with van der Waals surface area (Å²) in [4.78, 5) is 35.8. The van der Waals surface area contributed by atoms with Crippen LogP contribution in [0, 0.1) is 5.82 Å². The van der Waals surface area contributed by atoms with Crippen LogP contribution >= 0.6 is 11.6 Å². The number of hydrogen-bond acceptors (Lipinski definition) is 4. The number of halogens is 2. The summed E-state index contributed by atoms with van der Waals surface area (Å²) in [6.45, 7) is 1.81. The Kier molecular flexibility index (Phi) is 7.36. The molecule has 1 aromatic carbocycles. The van der Waals surface area contributed by atoms with Crippen molar-refractivity contribution in [1.29, 1.82) is 0 Å². The fourth-order valence-corrected chi connectivity index (χ4v) is 2.43. The molecule has 3 N–H and O–H groups in total. The maximum Gasteiger partial charge on any atom is 0.252 e. The van der Waals surface area contributed by atoms with Crippen LogP contribution in [-0.2, 0) is 16.1 Å².